The Balaban J connectivity index is 1.40. The maximum absolute atomic E-state index is 5.39. The van der Waals surface area contributed by atoms with Crippen molar-refractivity contribution in [1.82, 2.24) is 9.88 Å². The second-order valence-corrected chi connectivity index (χ2v) is 6.10. The van der Waals surface area contributed by atoms with Gasteiger partial charge in [0.15, 0.2) is 16.6 Å². The molecule has 112 valence electrons. The molecular formula is C14H17N3O3S. The van der Waals surface area contributed by atoms with E-state index in [1.54, 1.807) is 11.3 Å². The SMILES string of the molecule is c1c2c(cc3sc(NCCN4CCOCC4)nc13)OCO2. The molecule has 2 aliphatic heterocycles. The van der Waals surface area contributed by atoms with Crippen molar-refractivity contribution >= 4 is 26.7 Å². The number of thiazole rings is 1. The van der Waals surface area contributed by atoms with Gasteiger partial charge in [-0.2, -0.15) is 0 Å². The maximum Gasteiger partial charge on any atom is 0.231 e. The lowest BCUT2D eigenvalue weighted by atomic mass is 10.3. The molecule has 1 aromatic heterocycles. The van der Waals surface area contributed by atoms with Crippen LogP contribution in [0.4, 0.5) is 5.13 Å². The fraction of sp³-hybridized carbons (Fsp3) is 0.500. The molecule has 0 spiro atoms. The van der Waals surface area contributed by atoms with E-state index >= 15 is 0 Å². The number of fused-ring (bicyclic) bond motifs is 2. The highest BCUT2D eigenvalue weighted by Gasteiger charge is 2.16. The molecule has 4 rings (SSSR count). The summed E-state index contributed by atoms with van der Waals surface area (Å²) in [5, 5.41) is 4.35. The van der Waals surface area contributed by atoms with Crippen molar-refractivity contribution in [2.24, 2.45) is 0 Å². The molecule has 6 nitrogen and oxygen atoms in total. The first-order valence-corrected chi connectivity index (χ1v) is 7.94. The Morgan fingerprint density at radius 2 is 2.00 bits per heavy atom. The Morgan fingerprint density at radius 1 is 1.19 bits per heavy atom. The van der Waals surface area contributed by atoms with Crippen LogP contribution in [0.3, 0.4) is 0 Å². The fourth-order valence-corrected chi connectivity index (χ4v) is 3.44. The first kappa shape index (κ1) is 13.1. The summed E-state index contributed by atoms with van der Waals surface area (Å²) in [5.41, 5.74) is 0.957. The molecule has 1 N–H and O–H groups in total. The molecule has 3 heterocycles. The lowest BCUT2D eigenvalue weighted by molar-refractivity contribution is 0.0398. The van der Waals surface area contributed by atoms with Crippen molar-refractivity contribution in [3.8, 4) is 11.5 Å². The summed E-state index contributed by atoms with van der Waals surface area (Å²) < 4.78 is 17.2. The van der Waals surface area contributed by atoms with Gasteiger partial charge in [0.25, 0.3) is 0 Å². The minimum atomic E-state index is 0.303. The summed E-state index contributed by atoms with van der Waals surface area (Å²) in [7, 11) is 0. The molecule has 0 saturated carbocycles. The van der Waals surface area contributed by atoms with Crippen LogP contribution in [-0.2, 0) is 4.74 Å². The molecule has 0 aliphatic carbocycles. The lowest BCUT2D eigenvalue weighted by Crippen LogP contribution is -2.38. The second-order valence-electron chi connectivity index (χ2n) is 5.07. The monoisotopic (exact) mass is 307 g/mol. The van der Waals surface area contributed by atoms with Crippen molar-refractivity contribution in [2.75, 3.05) is 51.5 Å². The smallest absolute Gasteiger partial charge is 0.231 e. The molecule has 1 fully saturated rings. The maximum atomic E-state index is 5.39. The molecule has 1 aromatic carbocycles. The van der Waals surface area contributed by atoms with Gasteiger partial charge in [-0.05, 0) is 0 Å². The Labute approximate surface area is 126 Å². The van der Waals surface area contributed by atoms with E-state index in [2.05, 4.69) is 15.2 Å². The van der Waals surface area contributed by atoms with E-state index in [0.717, 1.165) is 66.2 Å². The van der Waals surface area contributed by atoms with E-state index < -0.39 is 0 Å². The number of rotatable bonds is 4. The number of nitrogens with zero attached hydrogens (tertiary/aromatic N) is 2. The van der Waals surface area contributed by atoms with Crippen LogP contribution >= 0.6 is 11.3 Å². The molecule has 0 atom stereocenters. The number of aromatic nitrogens is 1. The van der Waals surface area contributed by atoms with Crippen LogP contribution in [-0.4, -0.2) is 56.1 Å². The van der Waals surface area contributed by atoms with E-state index in [-0.39, 0.29) is 0 Å². The van der Waals surface area contributed by atoms with E-state index in [1.807, 2.05) is 12.1 Å². The van der Waals surface area contributed by atoms with Crippen LogP contribution in [0.15, 0.2) is 12.1 Å². The standard InChI is InChI=1S/C14H17N3O3S/c1(2-17-3-5-18-6-4-17)15-14-16-10-7-11-12(20-9-19-11)8-13(10)21-14/h7-8H,1-6,9H2,(H,15,16). The zero-order chi connectivity index (χ0) is 14.1. The first-order valence-electron chi connectivity index (χ1n) is 7.13. The number of hydrogen-bond acceptors (Lipinski definition) is 7. The molecular weight excluding hydrogens is 290 g/mol. The lowest BCUT2D eigenvalue weighted by Gasteiger charge is -2.26. The van der Waals surface area contributed by atoms with Gasteiger partial charge in [0, 0.05) is 38.3 Å². The van der Waals surface area contributed by atoms with Crippen LogP contribution in [0.5, 0.6) is 11.5 Å². The number of anilines is 1. The Bertz CT molecular complexity index is 599. The minimum absolute atomic E-state index is 0.303. The van der Waals surface area contributed by atoms with Gasteiger partial charge in [-0.15, -0.1) is 0 Å². The summed E-state index contributed by atoms with van der Waals surface area (Å²) in [5.74, 6) is 1.60. The van der Waals surface area contributed by atoms with Crippen LogP contribution in [0.25, 0.3) is 10.2 Å². The highest BCUT2D eigenvalue weighted by molar-refractivity contribution is 7.22. The summed E-state index contributed by atoms with van der Waals surface area (Å²) >= 11 is 1.65. The summed E-state index contributed by atoms with van der Waals surface area (Å²) in [6, 6.07) is 3.95. The molecule has 7 heteroatoms. The minimum Gasteiger partial charge on any atom is -0.454 e. The molecule has 2 aromatic rings. The number of morpholine rings is 1. The van der Waals surface area contributed by atoms with Crippen LogP contribution < -0.4 is 14.8 Å². The van der Waals surface area contributed by atoms with Crippen molar-refractivity contribution in [2.45, 2.75) is 0 Å². The van der Waals surface area contributed by atoms with Gasteiger partial charge < -0.3 is 19.5 Å². The first-order chi connectivity index (χ1) is 10.4. The zero-order valence-corrected chi connectivity index (χ0v) is 12.4. The highest BCUT2D eigenvalue weighted by Crippen LogP contribution is 2.38. The Hall–Kier alpha value is -1.57. The quantitative estimate of drug-likeness (QED) is 0.929. The van der Waals surface area contributed by atoms with Gasteiger partial charge in [-0.1, -0.05) is 11.3 Å². The second kappa shape index (κ2) is 5.67. The molecule has 0 amide bonds. The third-order valence-corrected chi connectivity index (χ3v) is 4.67. The van der Waals surface area contributed by atoms with Gasteiger partial charge in [0.2, 0.25) is 6.79 Å². The zero-order valence-electron chi connectivity index (χ0n) is 11.6. The van der Waals surface area contributed by atoms with Gasteiger partial charge in [-0.3, -0.25) is 4.90 Å². The predicted molar refractivity (Wildman–Crippen MR) is 81.5 cm³/mol. The van der Waals surface area contributed by atoms with E-state index in [9.17, 15) is 0 Å². The van der Waals surface area contributed by atoms with Gasteiger partial charge >= 0.3 is 0 Å². The van der Waals surface area contributed by atoms with E-state index in [4.69, 9.17) is 14.2 Å². The number of nitrogens with one attached hydrogen (secondary N) is 1. The van der Waals surface area contributed by atoms with Crippen LogP contribution in [0, 0.1) is 0 Å². The van der Waals surface area contributed by atoms with Gasteiger partial charge in [0.05, 0.1) is 23.4 Å². The van der Waals surface area contributed by atoms with Crippen molar-refractivity contribution in [3.05, 3.63) is 12.1 Å². The Kier molecular flexibility index (Phi) is 3.54. The average Bonchev–Trinajstić information content (AvgIpc) is 3.11. The largest absolute Gasteiger partial charge is 0.454 e. The summed E-state index contributed by atoms with van der Waals surface area (Å²) in [6.45, 7) is 5.93. The third kappa shape index (κ3) is 2.76. The Morgan fingerprint density at radius 3 is 2.86 bits per heavy atom. The molecule has 0 unspecified atom stereocenters. The normalized spacial score (nSPS) is 18.3. The summed E-state index contributed by atoms with van der Waals surface area (Å²) in [6.07, 6.45) is 0. The number of benzene rings is 1. The number of hydrogen-bond donors (Lipinski definition) is 1. The average molecular weight is 307 g/mol. The molecule has 0 radical (unpaired) electrons. The van der Waals surface area contributed by atoms with Crippen molar-refractivity contribution in [3.63, 3.8) is 0 Å². The molecule has 0 bridgehead atoms. The van der Waals surface area contributed by atoms with Crippen molar-refractivity contribution < 1.29 is 14.2 Å². The van der Waals surface area contributed by atoms with E-state index in [0.29, 0.717) is 6.79 Å². The molecule has 2 aliphatic rings. The van der Waals surface area contributed by atoms with Gasteiger partial charge in [0.1, 0.15) is 0 Å². The third-order valence-electron chi connectivity index (χ3n) is 3.69. The number of ether oxygens (including phenoxy) is 3. The predicted octanol–water partition coefficient (Wildman–Crippen LogP) is 1.77. The van der Waals surface area contributed by atoms with Crippen LogP contribution in [0.1, 0.15) is 0 Å². The molecule has 1 saturated heterocycles. The fourth-order valence-electron chi connectivity index (χ4n) is 2.54. The molecule has 21 heavy (non-hydrogen) atoms. The van der Waals surface area contributed by atoms with Crippen LogP contribution in [0.2, 0.25) is 0 Å². The van der Waals surface area contributed by atoms with Crippen molar-refractivity contribution in [1.29, 1.82) is 0 Å². The highest BCUT2D eigenvalue weighted by atomic mass is 32.1. The van der Waals surface area contributed by atoms with Gasteiger partial charge in [-0.25, -0.2) is 4.98 Å². The topological polar surface area (TPSA) is 55.9 Å². The summed E-state index contributed by atoms with van der Waals surface area (Å²) in [4.78, 5) is 7.00. The van der Waals surface area contributed by atoms with E-state index in [1.165, 1.54) is 0 Å².